The molecule has 3 aromatic rings. The van der Waals surface area contributed by atoms with Gasteiger partial charge in [-0.25, -0.2) is 13.8 Å². The summed E-state index contributed by atoms with van der Waals surface area (Å²) in [5.41, 5.74) is 8.84. The molecule has 2 heterocycles. The molecule has 1 aliphatic carbocycles. The summed E-state index contributed by atoms with van der Waals surface area (Å²) in [6.07, 6.45) is 9.77. The molecule has 1 aromatic carbocycles. The van der Waals surface area contributed by atoms with Crippen molar-refractivity contribution in [1.82, 2.24) is 24.8 Å². The number of anilines is 1. The molecular formula is C24H27ClF2N6. The molecule has 174 valence electrons. The number of rotatable bonds is 8. The predicted molar refractivity (Wildman–Crippen MR) is 127 cm³/mol. The third-order valence-corrected chi connectivity index (χ3v) is 6.18. The predicted octanol–water partition coefficient (Wildman–Crippen LogP) is 5.76. The summed E-state index contributed by atoms with van der Waals surface area (Å²) in [4.78, 5) is 12.6. The number of alkyl halides is 2. The maximum atomic E-state index is 13.6. The summed E-state index contributed by atoms with van der Waals surface area (Å²) in [6, 6.07) is 6.59. The van der Waals surface area contributed by atoms with Gasteiger partial charge in [0.05, 0.1) is 12.4 Å². The SMILES string of the molecule is C=C(CC[C@@H]1CC=C[C@H](n2cnc3c(N)nc(Cl)nc32)C1)NCc1cccc(C(C)(F)F)c1. The standard InChI is InChI=1S/C24H27ClF2N6/c1-15(29-13-17-6-3-7-18(11-17)24(2,26)27)9-10-16-5-4-8-19(12-16)33-14-30-20-21(28)31-23(25)32-22(20)33/h3-4,6-8,11,14,16,19,29H,1,5,9-10,12-13H2,2H3,(H2,28,31,32)/t16-,19-/m0/s1. The Morgan fingerprint density at radius 3 is 2.97 bits per heavy atom. The molecule has 4 rings (SSSR count). The highest BCUT2D eigenvalue weighted by molar-refractivity contribution is 6.28. The molecule has 0 unspecified atom stereocenters. The van der Waals surface area contributed by atoms with Crippen LogP contribution in [0.2, 0.25) is 5.28 Å². The Morgan fingerprint density at radius 2 is 2.18 bits per heavy atom. The van der Waals surface area contributed by atoms with Crippen molar-refractivity contribution in [2.24, 2.45) is 5.92 Å². The van der Waals surface area contributed by atoms with Crippen LogP contribution in [0.1, 0.15) is 49.8 Å². The van der Waals surface area contributed by atoms with Gasteiger partial charge in [-0.3, -0.25) is 0 Å². The second-order valence-corrected chi connectivity index (χ2v) is 8.96. The first-order valence-corrected chi connectivity index (χ1v) is 11.3. The van der Waals surface area contributed by atoms with Crippen LogP contribution in [0.15, 0.2) is 55.0 Å². The molecule has 0 spiro atoms. The highest BCUT2D eigenvalue weighted by atomic mass is 35.5. The fourth-order valence-electron chi connectivity index (χ4n) is 4.19. The number of aromatic nitrogens is 4. The van der Waals surface area contributed by atoms with E-state index >= 15 is 0 Å². The molecule has 33 heavy (non-hydrogen) atoms. The maximum absolute atomic E-state index is 13.6. The fraction of sp³-hybridized carbons (Fsp3) is 0.375. The molecule has 0 saturated carbocycles. The van der Waals surface area contributed by atoms with Crippen molar-refractivity contribution >= 4 is 28.6 Å². The van der Waals surface area contributed by atoms with Gasteiger partial charge in [-0.2, -0.15) is 9.97 Å². The molecule has 0 fully saturated rings. The van der Waals surface area contributed by atoms with E-state index in [1.807, 2.05) is 10.6 Å². The van der Waals surface area contributed by atoms with Crippen LogP contribution in [0.3, 0.4) is 0 Å². The minimum atomic E-state index is -2.85. The Morgan fingerprint density at radius 1 is 1.36 bits per heavy atom. The van der Waals surface area contributed by atoms with Crippen LogP contribution in [0.5, 0.6) is 0 Å². The molecule has 0 aliphatic heterocycles. The first kappa shape index (κ1) is 23.2. The number of nitrogens with zero attached hydrogens (tertiary/aromatic N) is 4. The van der Waals surface area contributed by atoms with Gasteiger partial charge in [0.1, 0.15) is 5.52 Å². The van der Waals surface area contributed by atoms with Crippen molar-refractivity contribution in [3.05, 3.63) is 71.4 Å². The van der Waals surface area contributed by atoms with Crippen LogP contribution in [-0.2, 0) is 12.5 Å². The van der Waals surface area contributed by atoms with Crippen LogP contribution in [-0.4, -0.2) is 19.5 Å². The van der Waals surface area contributed by atoms with Crippen LogP contribution >= 0.6 is 11.6 Å². The van der Waals surface area contributed by atoms with Gasteiger partial charge in [0.15, 0.2) is 11.5 Å². The molecule has 3 N–H and O–H groups in total. The Hall–Kier alpha value is -3.00. The number of hydrogen-bond acceptors (Lipinski definition) is 5. The lowest BCUT2D eigenvalue weighted by Gasteiger charge is -2.26. The van der Waals surface area contributed by atoms with E-state index in [1.165, 1.54) is 12.1 Å². The molecule has 0 radical (unpaired) electrons. The number of hydrogen-bond donors (Lipinski definition) is 2. The topological polar surface area (TPSA) is 81.7 Å². The van der Waals surface area contributed by atoms with E-state index in [9.17, 15) is 8.78 Å². The zero-order valence-electron chi connectivity index (χ0n) is 18.4. The number of nitrogens with one attached hydrogen (secondary N) is 1. The van der Waals surface area contributed by atoms with Gasteiger partial charge >= 0.3 is 0 Å². The zero-order valence-corrected chi connectivity index (χ0v) is 19.2. The second-order valence-electron chi connectivity index (χ2n) is 8.62. The van der Waals surface area contributed by atoms with E-state index in [-0.39, 0.29) is 22.7 Å². The molecule has 0 saturated heterocycles. The number of fused-ring (bicyclic) bond motifs is 1. The largest absolute Gasteiger partial charge is 0.385 e. The molecule has 2 aromatic heterocycles. The Labute approximate surface area is 196 Å². The fourth-order valence-corrected chi connectivity index (χ4v) is 4.36. The maximum Gasteiger partial charge on any atom is 0.270 e. The smallest absolute Gasteiger partial charge is 0.270 e. The second kappa shape index (κ2) is 9.47. The average Bonchev–Trinajstić information content (AvgIpc) is 3.20. The van der Waals surface area contributed by atoms with Gasteiger partial charge in [0, 0.05) is 24.7 Å². The summed E-state index contributed by atoms with van der Waals surface area (Å²) in [5.74, 6) is -2.11. The minimum Gasteiger partial charge on any atom is -0.385 e. The lowest BCUT2D eigenvalue weighted by molar-refractivity contribution is 0.0174. The lowest BCUT2D eigenvalue weighted by Crippen LogP contribution is -2.18. The zero-order chi connectivity index (χ0) is 23.6. The molecule has 1 aliphatic rings. The van der Waals surface area contributed by atoms with Gasteiger partial charge in [0.25, 0.3) is 5.92 Å². The summed E-state index contributed by atoms with van der Waals surface area (Å²) in [6.45, 7) is 5.50. The first-order chi connectivity index (χ1) is 15.7. The molecular weight excluding hydrogens is 446 g/mol. The van der Waals surface area contributed by atoms with Crippen molar-refractivity contribution in [2.45, 2.75) is 51.1 Å². The summed E-state index contributed by atoms with van der Waals surface area (Å²) >= 11 is 5.99. The quantitative estimate of drug-likeness (QED) is 0.321. The normalized spacial score (nSPS) is 18.5. The van der Waals surface area contributed by atoms with Gasteiger partial charge in [-0.15, -0.1) is 0 Å². The van der Waals surface area contributed by atoms with Crippen molar-refractivity contribution in [1.29, 1.82) is 0 Å². The van der Waals surface area contributed by atoms with Gasteiger partial charge < -0.3 is 15.6 Å². The molecule has 0 bridgehead atoms. The van der Waals surface area contributed by atoms with Gasteiger partial charge in [0.2, 0.25) is 5.28 Å². The molecule has 6 nitrogen and oxygen atoms in total. The van der Waals surface area contributed by atoms with E-state index in [0.29, 0.717) is 23.6 Å². The number of benzene rings is 1. The molecule has 2 atom stereocenters. The number of imidazole rings is 1. The minimum absolute atomic E-state index is 0.0211. The summed E-state index contributed by atoms with van der Waals surface area (Å²) < 4.78 is 29.1. The monoisotopic (exact) mass is 472 g/mol. The summed E-state index contributed by atoms with van der Waals surface area (Å²) in [5, 5.41) is 3.38. The van der Waals surface area contributed by atoms with Crippen LogP contribution < -0.4 is 11.1 Å². The number of halogens is 3. The number of allylic oxidation sites excluding steroid dienone is 3. The van der Waals surface area contributed by atoms with Crippen molar-refractivity contribution < 1.29 is 8.78 Å². The van der Waals surface area contributed by atoms with Crippen molar-refractivity contribution in [3.8, 4) is 0 Å². The Bertz CT molecular complexity index is 1180. The lowest BCUT2D eigenvalue weighted by atomic mass is 9.87. The van der Waals surface area contributed by atoms with E-state index in [1.54, 1.807) is 12.4 Å². The van der Waals surface area contributed by atoms with Crippen LogP contribution in [0.25, 0.3) is 11.2 Å². The Balaban J connectivity index is 1.32. The van der Waals surface area contributed by atoms with Crippen molar-refractivity contribution in [2.75, 3.05) is 5.73 Å². The Kier molecular flexibility index (Phi) is 6.65. The third-order valence-electron chi connectivity index (χ3n) is 6.01. The van der Waals surface area contributed by atoms with E-state index in [0.717, 1.165) is 43.9 Å². The van der Waals surface area contributed by atoms with E-state index in [4.69, 9.17) is 17.3 Å². The van der Waals surface area contributed by atoms with Gasteiger partial charge in [-0.05, 0) is 54.8 Å². The molecule has 9 heteroatoms. The number of nitrogens with two attached hydrogens (primary N) is 1. The van der Waals surface area contributed by atoms with Gasteiger partial charge in [-0.1, -0.05) is 36.9 Å². The third kappa shape index (κ3) is 5.50. The van der Waals surface area contributed by atoms with Crippen LogP contribution in [0.4, 0.5) is 14.6 Å². The van der Waals surface area contributed by atoms with E-state index < -0.39 is 5.92 Å². The van der Waals surface area contributed by atoms with Crippen LogP contribution in [0, 0.1) is 5.92 Å². The molecule has 0 amide bonds. The van der Waals surface area contributed by atoms with E-state index in [2.05, 4.69) is 39.0 Å². The summed E-state index contributed by atoms with van der Waals surface area (Å²) in [7, 11) is 0. The first-order valence-electron chi connectivity index (χ1n) is 10.9. The highest BCUT2D eigenvalue weighted by Crippen LogP contribution is 2.33. The highest BCUT2D eigenvalue weighted by Gasteiger charge is 2.24. The average molecular weight is 473 g/mol. The van der Waals surface area contributed by atoms with Crippen molar-refractivity contribution in [3.63, 3.8) is 0 Å². The number of nitrogen functional groups attached to an aromatic ring is 1.